The molecule has 4 amide bonds. The monoisotopic (exact) mass is 1730 g/mol. The van der Waals surface area contributed by atoms with Gasteiger partial charge < -0.3 is 51.1 Å². The van der Waals surface area contributed by atoms with Gasteiger partial charge in [0.2, 0.25) is 10.0 Å². The molecular formula is C95H102FN15O12S2. The third-order valence-corrected chi connectivity index (χ3v) is 26.1. The summed E-state index contributed by atoms with van der Waals surface area (Å²) in [6.45, 7) is 4.53. The van der Waals surface area contributed by atoms with Crippen molar-refractivity contribution in [1.29, 1.82) is 0 Å². The average Bonchev–Trinajstić information content (AvgIpc) is 0.778. The number of halogens is 1. The van der Waals surface area contributed by atoms with Crippen LogP contribution in [0.1, 0.15) is 144 Å². The Morgan fingerprint density at radius 3 is 0.968 bits per heavy atom. The van der Waals surface area contributed by atoms with Crippen LogP contribution in [0.25, 0.3) is 0 Å². The summed E-state index contributed by atoms with van der Waals surface area (Å²) in [5, 5.41) is 45.8. The van der Waals surface area contributed by atoms with E-state index in [0.29, 0.717) is 105 Å². The summed E-state index contributed by atoms with van der Waals surface area (Å²) < 4.78 is 41.1. The third-order valence-electron chi connectivity index (χ3n) is 23.9. The maximum absolute atomic E-state index is 13.6. The van der Waals surface area contributed by atoms with E-state index < -0.39 is 65.0 Å². The van der Waals surface area contributed by atoms with E-state index in [4.69, 9.17) is 32.6 Å². The molecule has 4 saturated heterocycles. The van der Waals surface area contributed by atoms with Crippen LogP contribution in [0.3, 0.4) is 0 Å². The number of piperidine rings is 4. The Labute approximate surface area is 731 Å². The van der Waals surface area contributed by atoms with Crippen LogP contribution in [0.4, 0.5) is 25.4 Å². The fraction of sp³-hybridized carbons (Fsp3) is 0.316. The molecule has 4 aliphatic rings. The van der Waals surface area contributed by atoms with E-state index >= 15 is 0 Å². The van der Waals surface area contributed by atoms with Crippen LogP contribution in [-0.4, -0.2) is 214 Å². The quantitative estimate of drug-likeness (QED) is 0.0218. The van der Waals surface area contributed by atoms with Gasteiger partial charge in [0, 0.05) is 168 Å². The van der Waals surface area contributed by atoms with Crippen molar-refractivity contribution in [1.82, 2.24) is 64.2 Å². The second-order valence-corrected chi connectivity index (χ2v) is 34.0. The number of hydrogen-bond acceptors (Lipinski definition) is 21. The van der Waals surface area contributed by atoms with E-state index in [2.05, 4.69) is 109 Å². The molecule has 0 bridgehead atoms. The van der Waals surface area contributed by atoms with Gasteiger partial charge in [0.25, 0.3) is 0 Å². The first-order valence-electron chi connectivity index (χ1n) is 41.5. The Morgan fingerprint density at radius 2 is 0.664 bits per heavy atom. The molecule has 0 spiro atoms. The van der Waals surface area contributed by atoms with Crippen molar-refractivity contribution in [2.75, 3.05) is 96.5 Å². The number of aryl methyl sites for hydroxylation is 1. The highest BCUT2D eigenvalue weighted by molar-refractivity contribution is 7.89. The molecule has 8 heterocycles. The van der Waals surface area contributed by atoms with Crippen LogP contribution in [0.5, 0.6) is 0 Å². The lowest BCUT2D eigenvalue weighted by molar-refractivity contribution is 0.0897. The van der Waals surface area contributed by atoms with Gasteiger partial charge in [0.15, 0.2) is 28.2 Å². The third kappa shape index (κ3) is 23.7. The molecule has 125 heavy (non-hydrogen) atoms. The topological polar surface area (TPSA) is 370 Å². The second-order valence-electron chi connectivity index (χ2n) is 31.6. The van der Waals surface area contributed by atoms with Gasteiger partial charge in [-0.1, -0.05) is 163 Å². The zero-order valence-electron chi connectivity index (χ0n) is 69.8. The second kappa shape index (κ2) is 43.2. The minimum atomic E-state index is -3.81. The van der Waals surface area contributed by atoms with Gasteiger partial charge in [-0.3, -0.25) is 19.2 Å². The zero-order valence-corrected chi connectivity index (χ0v) is 71.4. The van der Waals surface area contributed by atoms with E-state index in [0.717, 1.165) is 85.3 Å². The molecular weight excluding hydrogens is 1630 g/mol. The largest absolute Gasteiger partial charge is 0.388 e. The van der Waals surface area contributed by atoms with Gasteiger partial charge in [0.05, 0.1) is 27.1 Å². The number of rotatable bonds is 24. The number of Topliss-reactive ketones (excluding diaryl/α,β-unsaturated/α-hetero) is 4. The average molecular weight is 1730 g/mol. The molecule has 11 aromatic rings. The summed E-state index contributed by atoms with van der Waals surface area (Å²) in [5.41, 5.74) is 7.98. The first-order chi connectivity index (χ1) is 60.5. The Bertz CT molecular complexity index is 5530. The minimum absolute atomic E-state index is 0.0535. The number of sulfonamides is 1. The van der Waals surface area contributed by atoms with Crippen molar-refractivity contribution in [2.45, 2.75) is 111 Å². The van der Waals surface area contributed by atoms with Crippen LogP contribution in [-0.2, 0) is 57.4 Å². The normalized spacial score (nSPS) is 15.7. The number of aliphatic hydroxyl groups is 4. The number of carbonyl (C=O) groups excluding carboxylic acids is 6. The fourth-order valence-electron chi connectivity index (χ4n) is 16.4. The van der Waals surface area contributed by atoms with E-state index in [1.54, 1.807) is 7.05 Å². The first kappa shape index (κ1) is 91.7. The molecule has 30 heteroatoms. The number of benzene rings is 7. The highest BCUT2D eigenvalue weighted by Gasteiger charge is 2.44. The first-order valence-corrected chi connectivity index (χ1v) is 43.3. The van der Waals surface area contributed by atoms with Gasteiger partial charge in [-0.15, -0.1) is 0 Å². The van der Waals surface area contributed by atoms with Gasteiger partial charge in [-0.25, -0.2) is 62.3 Å². The lowest BCUT2D eigenvalue weighted by Gasteiger charge is -2.43. The summed E-state index contributed by atoms with van der Waals surface area (Å²) in [4.78, 5) is 112. The summed E-state index contributed by atoms with van der Waals surface area (Å²) in [6, 6.07) is 63.5. The Kier molecular flexibility index (Phi) is 31.7. The van der Waals surface area contributed by atoms with E-state index in [9.17, 15) is 41.6 Å². The number of para-hydroxylation sites is 1. The minimum Gasteiger partial charge on any atom is -0.388 e. The molecule has 7 aromatic carbocycles. The molecule has 4 fully saturated rings. The van der Waals surface area contributed by atoms with Crippen LogP contribution in [0, 0.1) is 12.7 Å². The lowest BCUT2D eigenvalue weighted by atomic mass is 9.70. The van der Waals surface area contributed by atoms with E-state index in [-0.39, 0.29) is 57.6 Å². The molecule has 4 aliphatic heterocycles. The molecule has 0 unspecified atom stereocenters. The number of amides is 4. The molecule has 0 atom stereocenters. The Balaban J connectivity index is 0.000000152. The molecule has 4 aromatic heterocycles. The number of aliphatic hydroxyl groups excluding tert-OH is 4. The predicted molar refractivity (Wildman–Crippen MR) is 475 cm³/mol. The van der Waals surface area contributed by atoms with Crippen molar-refractivity contribution < 1.29 is 62.0 Å². The van der Waals surface area contributed by atoms with Crippen molar-refractivity contribution in [3.63, 3.8) is 0 Å². The highest BCUT2D eigenvalue weighted by Crippen LogP contribution is 2.43. The van der Waals surface area contributed by atoms with Gasteiger partial charge in [0.1, 0.15) is 55.5 Å². The number of nitrogens with one attached hydrogen (secondary N) is 3. The zero-order chi connectivity index (χ0) is 88.4. The molecule has 0 radical (unpaired) electrons. The van der Waals surface area contributed by atoms with Crippen molar-refractivity contribution in [2.24, 2.45) is 0 Å². The smallest absolute Gasteiger partial charge is 0.321 e. The van der Waals surface area contributed by atoms with Crippen LogP contribution >= 0.6 is 12.2 Å². The standard InChI is InChI=1S/C26H28N4O3.C25H26N4O2S.C24H24FN3O4S.C20H24N4O3/c1-19-7-9-22(10-8-19)29-25(33)30-13-11-26(12-14-30,21-5-3-2-4-6-21)15-24-27-16-20(17-28-24)23(32)18-31;30-18-22(31)19-16-26-23(27-17-19)15-25(20-7-3-1-4-8-20)11-13-29(14-12-25)24(32)28-21-9-5-2-6-10-21;25-20-7-4-8-21(13-20)33(31,32)28-11-9-24(10-12-28,19-5-2-1-3-6-19)14-23-26-15-18(16-27-23)22(30)17-29;1-21-19(27)24-9-7-20(8-10-24,16-5-3-2-4-6-16)11-18-22-12-15(13-23-18)17(26)14-25/h2-10,16-17,31H,11-15,18H2,1H3,(H,29,33);1-10,16-17,30H,11-15,18H2,(H,28,32);1-8,13,15-16,29H,9-12,14,17H2;2-6,12-13,25H,7-11,14H2,1H3,(H,21,27). The summed E-state index contributed by atoms with van der Waals surface area (Å²) in [7, 11) is -2.16. The number of aromatic nitrogens is 8. The number of ketones is 4. The summed E-state index contributed by atoms with van der Waals surface area (Å²) >= 11 is 5.67. The number of carbonyl (C=O) groups is 6. The number of anilines is 2. The summed E-state index contributed by atoms with van der Waals surface area (Å²) in [5.74, 6) is 0.332. The fourth-order valence-corrected chi connectivity index (χ4v) is 18.2. The molecule has 15 rings (SSSR count). The number of thiocarbonyl (C=S) groups is 1. The van der Waals surface area contributed by atoms with E-state index in [1.807, 2.05) is 144 Å². The number of nitrogens with zero attached hydrogens (tertiary/aromatic N) is 12. The highest BCUT2D eigenvalue weighted by atomic mass is 32.2. The molecule has 648 valence electrons. The van der Waals surface area contributed by atoms with Crippen molar-refractivity contribution in [3.05, 3.63) is 329 Å². The van der Waals surface area contributed by atoms with Crippen LogP contribution in [0.15, 0.2) is 255 Å². The maximum Gasteiger partial charge on any atom is 0.321 e. The number of hydrogen-bond donors (Lipinski definition) is 7. The van der Waals surface area contributed by atoms with Crippen LogP contribution in [0.2, 0.25) is 0 Å². The van der Waals surface area contributed by atoms with Gasteiger partial charge >= 0.3 is 12.1 Å². The molecule has 0 aliphatic carbocycles. The van der Waals surface area contributed by atoms with Crippen LogP contribution < -0.4 is 16.0 Å². The SMILES string of the molecule is CNC(=O)N1CCC(Cc2ncc(C(=O)CO)cn2)(c2ccccc2)CC1.Cc1ccc(NC(=O)N2CCC(Cc3ncc(C(=O)CO)cn3)(c3ccccc3)CC2)cc1.O=C(CO)c1cnc(CC2(c3ccccc3)CCN(C(=S)Nc3ccccc3)CC2)nc1.O=C(CO)c1cnc(CC2(c3ccccc3)CCN(S(=O)(=O)c3cccc(F)c3)CC2)nc1. The lowest BCUT2D eigenvalue weighted by Crippen LogP contribution is -2.49. The Hall–Kier alpha value is -12.6. The Morgan fingerprint density at radius 1 is 0.376 bits per heavy atom. The molecule has 0 saturated carbocycles. The number of likely N-dealkylation sites (tertiary alicyclic amines) is 3. The molecule has 27 nitrogen and oxygen atoms in total. The maximum atomic E-state index is 13.6. The van der Waals surface area contributed by atoms with Crippen molar-refractivity contribution >= 4 is 73.9 Å². The molecule has 7 N–H and O–H groups in total. The number of urea groups is 2. The van der Waals surface area contributed by atoms with Gasteiger partial charge in [-0.2, -0.15) is 4.31 Å². The van der Waals surface area contributed by atoms with Gasteiger partial charge in [-0.05, 0) is 135 Å². The predicted octanol–water partition coefficient (Wildman–Crippen LogP) is 11.7. The van der Waals surface area contributed by atoms with Crippen molar-refractivity contribution in [3.8, 4) is 0 Å². The summed E-state index contributed by atoms with van der Waals surface area (Å²) in [6.07, 6.45) is 20.2. The van der Waals surface area contributed by atoms with E-state index in [1.165, 1.54) is 88.8 Å².